The molecule has 0 fully saturated rings. The van der Waals surface area contributed by atoms with Crippen molar-refractivity contribution >= 4 is 29.1 Å². The third kappa shape index (κ3) is 10.7. The van der Waals surface area contributed by atoms with E-state index in [1.165, 1.54) is 27.4 Å². The number of allylic oxidation sites excluding steroid dienone is 4. The van der Waals surface area contributed by atoms with Crippen molar-refractivity contribution in [1.82, 2.24) is 15.5 Å². The van der Waals surface area contributed by atoms with Crippen LogP contribution in [0.4, 0.5) is 4.79 Å². The molecule has 5 N–H and O–H groups in total. The van der Waals surface area contributed by atoms with Gasteiger partial charge < -0.3 is 45.3 Å². The van der Waals surface area contributed by atoms with Crippen LogP contribution in [0.3, 0.4) is 0 Å². The van der Waals surface area contributed by atoms with Crippen molar-refractivity contribution in [2.45, 2.75) is 65.0 Å². The van der Waals surface area contributed by atoms with Crippen molar-refractivity contribution in [1.29, 1.82) is 0 Å². The highest BCUT2D eigenvalue weighted by Gasteiger charge is 2.38. The van der Waals surface area contributed by atoms with E-state index < -0.39 is 53.9 Å². The third-order valence-electron chi connectivity index (χ3n) is 9.19. The van der Waals surface area contributed by atoms with Crippen molar-refractivity contribution in [2.75, 3.05) is 48.5 Å². The van der Waals surface area contributed by atoms with Crippen molar-refractivity contribution < 1.29 is 43.2 Å². The summed E-state index contributed by atoms with van der Waals surface area (Å²) in [5.41, 5.74) is 6.94. The fourth-order valence-electron chi connectivity index (χ4n) is 6.29. The average molecular weight is 723 g/mol. The van der Waals surface area contributed by atoms with Gasteiger partial charge in [-0.25, -0.2) is 4.79 Å². The third-order valence-corrected chi connectivity index (χ3v) is 9.19. The maximum atomic E-state index is 14.6. The Bertz CT molecular complexity index is 1620. The zero-order valence-electron chi connectivity index (χ0n) is 31.6. The number of hydrogen-bond donors (Lipinski definition) is 4. The minimum atomic E-state index is -1.01. The quantitative estimate of drug-likeness (QED) is 0.217. The van der Waals surface area contributed by atoms with E-state index in [1.807, 2.05) is 32.8 Å². The molecule has 6 unspecified atom stereocenters. The number of fused-ring (bicyclic) bond motifs is 2. The van der Waals surface area contributed by atoms with E-state index in [9.17, 15) is 24.3 Å². The first kappa shape index (κ1) is 41.9. The first-order chi connectivity index (χ1) is 24.6. The number of amides is 2. The normalized spacial score (nSPS) is 25.5. The summed E-state index contributed by atoms with van der Waals surface area (Å²) in [6.45, 7) is 8.01. The van der Waals surface area contributed by atoms with E-state index in [0.29, 0.717) is 36.4 Å². The molecule has 2 aliphatic rings. The van der Waals surface area contributed by atoms with Gasteiger partial charge in [0.15, 0.2) is 6.10 Å². The molecule has 6 atom stereocenters. The lowest BCUT2D eigenvalue weighted by Crippen LogP contribution is -2.40. The largest absolute Gasteiger partial charge is 0.497 e. The number of rotatable bonds is 9. The molecule has 13 heteroatoms. The van der Waals surface area contributed by atoms with Crippen LogP contribution < -0.4 is 21.1 Å². The molecule has 0 saturated carbocycles. The number of primary amides is 1. The summed E-state index contributed by atoms with van der Waals surface area (Å²) >= 11 is 0. The average Bonchev–Trinajstić information content (AvgIpc) is 3.10. The molecule has 52 heavy (non-hydrogen) atoms. The van der Waals surface area contributed by atoms with Gasteiger partial charge in [-0.1, -0.05) is 50.3 Å². The van der Waals surface area contributed by atoms with Crippen LogP contribution >= 0.6 is 0 Å². The van der Waals surface area contributed by atoms with Crippen molar-refractivity contribution in [3.05, 3.63) is 82.2 Å². The molecular weight excluding hydrogens is 668 g/mol. The number of likely N-dealkylation sites (N-methyl/N-ethyl adjacent to an activating group) is 1. The summed E-state index contributed by atoms with van der Waals surface area (Å²) in [6, 6.07) is 6.69. The van der Waals surface area contributed by atoms with Gasteiger partial charge in [0.05, 0.1) is 30.6 Å². The van der Waals surface area contributed by atoms with Gasteiger partial charge in [-0.05, 0) is 70.0 Å². The summed E-state index contributed by atoms with van der Waals surface area (Å²) in [6.07, 6.45) is 2.51. The molecule has 0 saturated heterocycles. The van der Waals surface area contributed by atoms with Gasteiger partial charge in [0.2, 0.25) is 11.6 Å². The summed E-state index contributed by atoms with van der Waals surface area (Å²) in [5.74, 6) is -1.70. The Morgan fingerprint density at radius 3 is 2.29 bits per heavy atom. The Labute approximate surface area is 306 Å². The Balaban J connectivity index is 2.25. The predicted octanol–water partition coefficient (Wildman–Crippen LogP) is 3.45. The number of methoxy groups -OCH3 is 3. The molecule has 2 bridgehead atoms. The van der Waals surface area contributed by atoms with E-state index >= 15 is 0 Å². The molecule has 1 aliphatic heterocycles. The molecule has 284 valence electrons. The van der Waals surface area contributed by atoms with Gasteiger partial charge in [-0.2, -0.15) is 0 Å². The van der Waals surface area contributed by atoms with Gasteiger partial charge in [0.1, 0.15) is 17.6 Å². The highest BCUT2D eigenvalue weighted by Crippen LogP contribution is 2.35. The Hall–Kier alpha value is -4.56. The number of Topliss-reactive ketones (excluding diaryl/α,β-unsaturated/α-hetero) is 2. The number of hydrogen-bond acceptors (Lipinski definition) is 11. The minimum absolute atomic E-state index is 0.0467. The number of nitrogens with zero attached hydrogens (tertiary/aromatic N) is 1. The zero-order valence-corrected chi connectivity index (χ0v) is 31.6. The predicted molar refractivity (Wildman–Crippen MR) is 198 cm³/mol. The summed E-state index contributed by atoms with van der Waals surface area (Å²) in [4.78, 5) is 56.7. The molecular formula is C39H54N4O9. The van der Waals surface area contributed by atoms with Gasteiger partial charge in [-0.15, -0.1) is 0 Å². The Morgan fingerprint density at radius 2 is 1.71 bits per heavy atom. The maximum Gasteiger partial charge on any atom is 0.405 e. The van der Waals surface area contributed by atoms with Crippen molar-refractivity contribution in [3.63, 3.8) is 0 Å². The monoisotopic (exact) mass is 722 g/mol. The molecule has 1 aliphatic carbocycles. The van der Waals surface area contributed by atoms with E-state index in [1.54, 1.807) is 56.3 Å². The van der Waals surface area contributed by atoms with Crippen LogP contribution in [0.1, 0.15) is 46.1 Å². The zero-order chi connectivity index (χ0) is 38.7. The maximum absolute atomic E-state index is 14.6. The van der Waals surface area contributed by atoms with E-state index in [4.69, 9.17) is 24.7 Å². The minimum Gasteiger partial charge on any atom is -0.497 e. The van der Waals surface area contributed by atoms with Gasteiger partial charge in [0, 0.05) is 44.4 Å². The second kappa shape index (κ2) is 19.3. The Morgan fingerprint density at radius 1 is 1.04 bits per heavy atom. The number of carbonyl (C=O) groups excluding carboxylic acids is 4. The standard InChI is InChI=1S/C39H54N4O9/c1-22-19-28-32(41-17-18-43(5)6)36(46)31(26-13-15-27(49-7)16-14-26)33(35(28)45)42-38(47)23(2)11-10-12-29(50-8)37(52-39(40)48)25(4)21-24(3)34(44)30(20-22)51-9/h10-16,21-22,24,29-30,34,37,41,44H,17-20H2,1-9H3,(H2,40,48)(H,42,47). The van der Waals surface area contributed by atoms with Gasteiger partial charge >= 0.3 is 6.09 Å². The number of ether oxygens (including phenoxy) is 4. The molecule has 1 heterocycles. The summed E-state index contributed by atoms with van der Waals surface area (Å²) < 4.78 is 22.2. The first-order valence-electron chi connectivity index (χ1n) is 17.3. The second-order valence-corrected chi connectivity index (χ2v) is 13.5. The van der Waals surface area contributed by atoms with Crippen LogP contribution in [0, 0.1) is 11.8 Å². The van der Waals surface area contributed by atoms with Crippen LogP contribution in [-0.4, -0.2) is 107 Å². The number of nitrogens with two attached hydrogens (primary N) is 1. The fourth-order valence-corrected chi connectivity index (χ4v) is 6.29. The number of nitrogens with one attached hydrogen (secondary N) is 2. The molecule has 13 nitrogen and oxygen atoms in total. The number of ketones is 2. The molecule has 1 aromatic rings. The highest BCUT2D eigenvalue weighted by molar-refractivity contribution is 6.39. The Kier molecular flexibility index (Phi) is 15.6. The van der Waals surface area contributed by atoms with E-state index in [2.05, 4.69) is 10.6 Å². The van der Waals surface area contributed by atoms with Crippen LogP contribution in [0.2, 0.25) is 0 Å². The van der Waals surface area contributed by atoms with Gasteiger partial charge in [0.25, 0.3) is 5.91 Å². The topological polar surface area (TPSA) is 179 Å². The van der Waals surface area contributed by atoms with Crippen LogP contribution in [0.25, 0.3) is 5.57 Å². The smallest absolute Gasteiger partial charge is 0.405 e. The van der Waals surface area contributed by atoms with Crippen LogP contribution in [-0.2, 0) is 28.6 Å². The lowest BCUT2D eigenvalue weighted by molar-refractivity contribution is -0.120. The molecule has 0 radical (unpaired) electrons. The first-order valence-corrected chi connectivity index (χ1v) is 17.3. The number of benzene rings is 1. The van der Waals surface area contributed by atoms with Crippen molar-refractivity contribution in [3.8, 4) is 5.75 Å². The lowest BCUT2D eigenvalue weighted by Gasteiger charge is -2.30. The summed E-state index contributed by atoms with van der Waals surface area (Å²) in [5, 5.41) is 17.5. The molecule has 3 rings (SSSR count). The van der Waals surface area contributed by atoms with E-state index in [-0.39, 0.29) is 40.5 Å². The lowest BCUT2D eigenvalue weighted by atomic mass is 9.81. The molecule has 1 aromatic carbocycles. The number of aliphatic hydroxyl groups excluding tert-OH is 1. The number of carbonyl (C=O) groups is 4. The van der Waals surface area contributed by atoms with Crippen LogP contribution in [0.5, 0.6) is 5.75 Å². The van der Waals surface area contributed by atoms with Gasteiger partial charge in [-0.3, -0.25) is 14.4 Å². The molecule has 0 spiro atoms. The molecule has 2 amide bonds. The fraction of sp³-hybridized carbons (Fsp3) is 0.487. The molecule has 0 aromatic heterocycles. The summed E-state index contributed by atoms with van der Waals surface area (Å²) in [7, 11) is 8.27. The van der Waals surface area contributed by atoms with Crippen molar-refractivity contribution in [2.24, 2.45) is 17.6 Å². The number of aliphatic hydroxyl groups is 1. The second-order valence-electron chi connectivity index (χ2n) is 13.5. The van der Waals surface area contributed by atoms with E-state index in [0.717, 1.165) is 0 Å². The highest BCUT2D eigenvalue weighted by atomic mass is 16.6. The van der Waals surface area contributed by atoms with Crippen LogP contribution in [0.15, 0.2) is 76.7 Å². The SMILES string of the molecule is COc1ccc(C2=C3NC(=O)C(C)=CC=CC(OC)C(OC(N)=O)C(C)=CC(C)C(O)C(OC)CC(C)CC(=C(NCCN(C)C)C2=O)C3=O)cc1.